The van der Waals surface area contributed by atoms with Gasteiger partial charge in [0.05, 0.1) is 33.3 Å². The van der Waals surface area contributed by atoms with Crippen LogP contribution < -0.4 is 0 Å². The Morgan fingerprint density at radius 1 is 0.321 bits per heavy atom. The molecule has 0 aliphatic carbocycles. The van der Waals surface area contributed by atoms with Crippen molar-refractivity contribution in [1.82, 2.24) is 19.1 Å². The molecule has 0 fully saturated rings. The number of aromatic nitrogens is 4. The second-order valence-corrected chi connectivity index (χ2v) is 14.6. The maximum Gasteiger partial charge on any atom is 0.160 e. The number of rotatable bonds is 4. The molecule has 0 amide bonds. The molecule has 0 atom stereocenters. The fraction of sp³-hybridized carbons (Fsp3) is 0. The normalized spacial score (nSPS) is 11.9. The summed E-state index contributed by atoms with van der Waals surface area (Å²) in [5.41, 5.74) is 11.0. The highest BCUT2D eigenvalue weighted by atomic mass is 15.0. The van der Waals surface area contributed by atoms with Gasteiger partial charge in [0, 0.05) is 54.8 Å². The van der Waals surface area contributed by atoms with Gasteiger partial charge in [0.1, 0.15) is 0 Å². The van der Waals surface area contributed by atoms with Crippen LogP contribution in [0.5, 0.6) is 0 Å². The van der Waals surface area contributed by atoms with E-state index in [0.29, 0.717) is 0 Å². The van der Waals surface area contributed by atoms with Crippen LogP contribution in [-0.2, 0) is 0 Å². The van der Waals surface area contributed by atoms with Crippen molar-refractivity contribution in [2.24, 2.45) is 0 Å². The third-order valence-electron chi connectivity index (χ3n) is 11.5. The van der Waals surface area contributed by atoms with Crippen molar-refractivity contribution in [2.75, 3.05) is 0 Å². The zero-order valence-electron chi connectivity index (χ0n) is 30.3. The van der Waals surface area contributed by atoms with Gasteiger partial charge in [-0.05, 0) is 70.8 Å². The first-order valence-corrected chi connectivity index (χ1v) is 19.1. The van der Waals surface area contributed by atoms with E-state index >= 15 is 0 Å². The van der Waals surface area contributed by atoms with Crippen LogP contribution >= 0.6 is 0 Å². The molecule has 0 saturated carbocycles. The highest BCUT2D eigenvalue weighted by Gasteiger charge is 2.20. The minimum atomic E-state index is 0.722. The Bertz CT molecular complexity index is 3520. The minimum Gasteiger partial charge on any atom is -0.309 e. The number of hydrogen-bond acceptors (Lipinski definition) is 2. The first kappa shape index (κ1) is 30.9. The highest BCUT2D eigenvalue weighted by Crippen LogP contribution is 2.42. The first-order chi connectivity index (χ1) is 27.8. The van der Waals surface area contributed by atoms with Crippen molar-refractivity contribution >= 4 is 76.1 Å². The van der Waals surface area contributed by atoms with E-state index in [-0.39, 0.29) is 0 Å². The predicted octanol–water partition coefficient (Wildman–Crippen LogP) is 13.5. The molecule has 9 aromatic carbocycles. The van der Waals surface area contributed by atoms with Crippen LogP contribution in [0.2, 0.25) is 0 Å². The molecule has 3 aromatic heterocycles. The average Bonchev–Trinajstić information content (AvgIpc) is 3.77. The Kier molecular flexibility index (Phi) is 6.60. The lowest BCUT2D eigenvalue weighted by molar-refractivity contribution is 1.17. The van der Waals surface area contributed by atoms with Gasteiger partial charge in [0.2, 0.25) is 0 Å². The van der Waals surface area contributed by atoms with E-state index in [0.717, 1.165) is 55.7 Å². The lowest BCUT2D eigenvalue weighted by atomic mass is 10.0. The van der Waals surface area contributed by atoms with Crippen LogP contribution in [0.4, 0.5) is 0 Å². The topological polar surface area (TPSA) is 35.6 Å². The van der Waals surface area contributed by atoms with Gasteiger partial charge in [-0.15, -0.1) is 0 Å². The molecule has 0 N–H and O–H groups in total. The van der Waals surface area contributed by atoms with Gasteiger partial charge >= 0.3 is 0 Å². The lowest BCUT2D eigenvalue weighted by Gasteiger charge is -2.13. The number of benzene rings is 9. The van der Waals surface area contributed by atoms with Gasteiger partial charge in [0.25, 0.3) is 0 Å². The SMILES string of the molecule is c1ccc(-c2nc(-c3ccc4cc(-n5c6cc7c(cc6c6ccc8ccccc8c65)c5ccccc5n7-c5ccccc5)ccc4c3)nc3ccccc23)cc1. The quantitative estimate of drug-likeness (QED) is 0.182. The van der Waals surface area contributed by atoms with Crippen LogP contribution in [0.3, 0.4) is 0 Å². The summed E-state index contributed by atoms with van der Waals surface area (Å²) in [6.45, 7) is 0. The minimum absolute atomic E-state index is 0.722. The molecular formula is C52H32N4. The van der Waals surface area contributed by atoms with E-state index in [1.54, 1.807) is 0 Å². The number of fused-ring (bicyclic) bond motifs is 10. The molecule has 0 radical (unpaired) electrons. The van der Waals surface area contributed by atoms with Crippen molar-refractivity contribution in [1.29, 1.82) is 0 Å². The fourth-order valence-electron chi connectivity index (χ4n) is 8.90. The van der Waals surface area contributed by atoms with E-state index in [1.165, 1.54) is 54.4 Å². The van der Waals surface area contributed by atoms with Gasteiger partial charge in [0.15, 0.2) is 5.82 Å². The smallest absolute Gasteiger partial charge is 0.160 e. The maximum absolute atomic E-state index is 5.16. The van der Waals surface area contributed by atoms with Gasteiger partial charge in [-0.3, -0.25) is 0 Å². The Labute approximate surface area is 322 Å². The van der Waals surface area contributed by atoms with Crippen molar-refractivity contribution in [3.05, 3.63) is 194 Å². The Morgan fingerprint density at radius 2 is 0.982 bits per heavy atom. The molecule has 0 aliphatic heterocycles. The van der Waals surface area contributed by atoms with Gasteiger partial charge < -0.3 is 9.13 Å². The van der Waals surface area contributed by atoms with Crippen molar-refractivity contribution in [3.63, 3.8) is 0 Å². The van der Waals surface area contributed by atoms with Gasteiger partial charge in [-0.1, -0.05) is 140 Å². The second kappa shape index (κ2) is 12.0. The summed E-state index contributed by atoms with van der Waals surface area (Å²) in [4.78, 5) is 10.2. The molecule has 4 heteroatoms. The molecule has 260 valence electrons. The summed E-state index contributed by atoms with van der Waals surface area (Å²) in [6, 6.07) is 69.7. The molecule has 12 rings (SSSR count). The molecule has 0 aliphatic rings. The monoisotopic (exact) mass is 712 g/mol. The fourth-order valence-corrected chi connectivity index (χ4v) is 8.90. The number of hydrogen-bond donors (Lipinski definition) is 0. The summed E-state index contributed by atoms with van der Waals surface area (Å²) in [5, 5.41) is 10.8. The van der Waals surface area contributed by atoms with Crippen LogP contribution in [0.1, 0.15) is 0 Å². The molecule has 12 aromatic rings. The zero-order valence-corrected chi connectivity index (χ0v) is 30.3. The standard InChI is InChI=1S/C52H32N4/c1-3-14-34(15-4-1)50-43-20-9-11-21-46(43)53-52(54-50)37-24-23-36-30-39(27-25-35(36)29-37)56-49-32-48-44(31-45(49)42-28-26-33-13-7-8-18-40(33)51(42)56)41-19-10-12-22-47(41)55(48)38-16-5-2-6-17-38/h1-32H. The Balaban J connectivity index is 1.09. The summed E-state index contributed by atoms with van der Waals surface area (Å²) in [7, 11) is 0. The van der Waals surface area contributed by atoms with E-state index in [9.17, 15) is 0 Å². The zero-order chi connectivity index (χ0) is 36.7. The highest BCUT2D eigenvalue weighted by molar-refractivity contribution is 6.23. The third kappa shape index (κ3) is 4.60. The average molecular weight is 713 g/mol. The predicted molar refractivity (Wildman–Crippen MR) is 234 cm³/mol. The van der Waals surface area contributed by atoms with E-state index < -0.39 is 0 Å². The first-order valence-electron chi connectivity index (χ1n) is 19.1. The second-order valence-electron chi connectivity index (χ2n) is 14.6. The molecule has 0 spiro atoms. The van der Waals surface area contributed by atoms with Gasteiger partial charge in [-0.25, -0.2) is 9.97 Å². The van der Waals surface area contributed by atoms with Crippen molar-refractivity contribution < 1.29 is 0 Å². The largest absolute Gasteiger partial charge is 0.309 e. The number of nitrogens with zero attached hydrogens (tertiary/aromatic N) is 4. The molecule has 0 bridgehead atoms. The summed E-state index contributed by atoms with van der Waals surface area (Å²) in [5.74, 6) is 0.722. The molecule has 0 unspecified atom stereocenters. The van der Waals surface area contributed by atoms with Gasteiger partial charge in [-0.2, -0.15) is 0 Å². The van der Waals surface area contributed by atoms with Crippen molar-refractivity contribution in [2.45, 2.75) is 0 Å². The summed E-state index contributed by atoms with van der Waals surface area (Å²) < 4.78 is 4.88. The van der Waals surface area contributed by atoms with Crippen LogP contribution in [0, 0.1) is 0 Å². The lowest BCUT2D eigenvalue weighted by Crippen LogP contribution is -1.97. The molecule has 3 heterocycles. The Morgan fingerprint density at radius 3 is 1.86 bits per heavy atom. The van der Waals surface area contributed by atoms with Crippen LogP contribution in [0.25, 0.3) is 110 Å². The van der Waals surface area contributed by atoms with Crippen molar-refractivity contribution in [3.8, 4) is 34.0 Å². The van der Waals surface area contributed by atoms with E-state index in [1.807, 2.05) is 12.1 Å². The Hall–Kier alpha value is -7.56. The van der Waals surface area contributed by atoms with Crippen LogP contribution in [-0.4, -0.2) is 19.1 Å². The number of para-hydroxylation sites is 3. The summed E-state index contributed by atoms with van der Waals surface area (Å²) >= 11 is 0. The maximum atomic E-state index is 5.16. The van der Waals surface area contributed by atoms with E-state index in [4.69, 9.17) is 9.97 Å². The molecular weight excluding hydrogens is 681 g/mol. The van der Waals surface area contributed by atoms with E-state index in [2.05, 4.69) is 191 Å². The van der Waals surface area contributed by atoms with Crippen LogP contribution in [0.15, 0.2) is 194 Å². The molecule has 4 nitrogen and oxygen atoms in total. The molecule has 56 heavy (non-hydrogen) atoms. The summed E-state index contributed by atoms with van der Waals surface area (Å²) in [6.07, 6.45) is 0. The third-order valence-corrected chi connectivity index (χ3v) is 11.5. The molecule has 0 saturated heterocycles.